The van der Waals surface area contributed by atoms with Crippen LogP contribution in [0.5, 0.6) is 5.75 Å². The zero-order valence-corrected chi connectivity index (χ0v) is 20.5. The maximum Gasteiger partial charge on any atom is 0.261 e. The van der Waals surface area contributed by atoms with E-state index in [0.29, 0.717) is 18.7 Å². The summed E-state index contributed by atoms with van der Waals surface area (Å²) in [6, 6.07) is 24.6. The van der Waals surface area contributed by atoms with E-state index in [1.807, 2.05) is 107 Å². The Labute approximate surface area is 202 Å². The van der Waals surface area contributed by atoms with Gasteiger partial charge in [-0.2, -0.15) is 0 Å². The topological polar surface area (TPSA) is 58.6 Å². The van der Waals surface area contributed by atoms with E-state index >= 15 is 0 Å². The second-order valence-electron chi connectivity index (χ2n) is 8.92. The monoisotopic (exact) mass is 458 g/mol. The van der Waals surface area contributed by atoms with Gasteiger partial charge in [0.25, 0.3) is 5.91 Å². The van der Waals surface area contributed by atoms with Crippen LogP contribution in [0.1, 0.15) is 36.1 Å². The molecule has 1 atom stereocenters. The molecule has 0 fully saturated rings. The molecule has 0 aliphatic heterocycles. The number of nitrogens with zero attached hydrogens (tertiary/aromatic N) is 1. The van der Waals surface area contributed by atoms with Gasteiger partial charge in [-0.05, 0) is 62.1 Å². The first-order valence-electron chi connectivity index (χ1n) is 11.7. The quantitative estimate of drug-likeness (QED) is 0.473. The molecule has 0 saturated heterocycles. The number of hydrogen-bond donors (Lipinski definition) is 1. The van der Waals surface area contributed by atoms with E-state index < -0.39 is 6.04 Å². The number of amides is 2. The van der Waals surface area contributed by atoms with Gasteiger partial charge in [-0.1, -0.05) is 66.7 Å². The lowest BCUT2D eigenvalue weighted by Crippen LogP contribution is -2.52. The second kappa shape index (κ2) is 12.0. The number of rotatable bonds is 10. The van der Waals surface area contributed by atoms with Crippen LogP contribution in [0.25, 0.3) is 0 Å². The van der Waals surface area contributed by atoms with Gasteiger partial charge in [-0.15, -0.1) is 0 Å². The van der Waals surface area contributed by atoms with Crippen LogP contribution in [0.3, 0.4) is 0 Å². The Morgan fingerprint density at radius 2 is 1.62 bits per heavy atom. The lowest BCUT2D eigenvalue weighted by atomic mass is 10.0. The van der Waals surface area contributed by atoms with Crippen LogP contribution >= 0.6 is 0 Å². The predicted molar refractivity (Wildman–Crippen MR) is 136 cm³/mol. The third-order valence-electron chi connectivity index (χ3n) is 5.66. The number of hydrogen-bond acceptors (Lipinski definition) is 3. The molecule has 2 amide bonds. The Hall–Kier alpha value is -3.60. The zero-order valence-electron chi connectivity index (χ0n) is 20.5. The van der Waals surface area contributed by atoms with Crippen LogP contribution in [0, 0.1) is 13.8 Å². The van der Waals surface area contributed by atoms with Gasteiger partial charge < -0.3 is 15.0 Å². The summed E-state index contributed by atoms with van der Waals surface area (Å²) in [6.45, 7) is 8.02. The SMILES string of the molecule is Cc1cccc(OCC(=O)N(Cc2ccccc2C)[C@@H](Cc2ccccc2)C(=O)NC(C)C)c1. The molecule has 3 aromatic rings. The molecule has 1 N–H and O–H groups in total. The first-order valence-corrected chi connectivity index (χ1v) is 11.7. The van der Waals surface area contributed by atoms with Crippen LogP contribution in [0.4, 0.5) is 0 Å². The van der Waals surface area contributed by atoms with Crippen molar-refractivity contribution in [2.45, 2.75) is 52.7 Å². The molecule has 0 aromatic heterocycles. The molecule has 178 valence electrons. The van der Waals surface area contributed by atoms with Gasteiger partial charge in [0.1, 0.15) is 11.8 Å². The van der Waals surface area contributed by atoms with E-state index in [2.05, 4.69) is 5.32 Å². The molecule has 0 spiro atoms. The molecule has 3 aromatic carbocycles. The Bertz CT molecular complexity index is 1100. The number of benzene rings is 3. The van der Waals surface area contributed by atoms with Crippen molar-refractivity contribution in [2.75, 3.05) is 6.61 Å². The smallest absolute Gasteiger partial charge is 0.261 e. The van der Waals surface area contributed by atoms with Crippen molar-refractivity contribution in [3.8, 4) is 5.75 Å². The van der Waals surface area contributed by atoms with Crippen LogP contribution in [0.2, 0.25) is 0 Å². The first-order chi connectivity index (χ1) is 16.3. The highest BCUT2D eigenvalue weighted by Gasteiger charge is 2.31. The molecule has 34 heavy (non-hydrogen) atoms. The minimum absolute atomic E-state index is 0.0373. The lowest BCUT2D eigenvalue weighted by molar-refractivity contribution is -0.143. The average molecular weight is 459 g/mol. The number of aryl methyl sites for hydroxylation is 2. The molecular weight excluding hydrogens is 424 g/mol. The first kappa shape index (κ1) is 25.0. The minimum atomic E-state index is -0.669. The van der Waals surface area contributed by atoms with E-state index in [1.54, 1.807) is 4.90 Å². The molecule has 5 nitrogen and oxygen atoms in total. The van der Waals surface area contributed by atoms with Gasteiger partial charge in [-0.25, -0.2) is 0 Å². The Balaban J connectivity index is 1.92. The third-order valence-corrected chi connectivity index (χ3v) is 5.66. The highest BCUT2D eigenvalue weighted by Crippen LogP contribution is 2.18. The van der Waals surface area contributed by atoms with Crippen molar-refractivity contribution in [1.82, 2.24) is 10.2 Å². The molecule has 0 saturated carbocycles. The summed E-state index contributed by atoms with van der Waals surface area (Å²) in [5, 5.41) is 3.01. The Morgan fingerprint density at radius 3 is 2.29 bits per heavy atom. The number of nitrogens with one attached hydrogen (secondary N) is 1. The molecule has 0 radical (unpaired) electrons. The molecule has 0 unspecified atom stereocenters. The molecule has 5 heteroatoms. The third kappa shape index (κ3) is 7.20. The van der Waals surface area contributed by atoms with Crippen LogP contribution in [-0.4, -0.2) is 35.4 Å². The molecule has 0 aliphatic carbocycles. The maximum absolute atomic E-state index is 13.6. The fraction of sp³-hybridized carbons (Fsp3) is 0.310. The van der Waals surface area contributed by atoms with Crippen molar-refractivity contribution in [2.24, 2.45) is 0 Å². The predicted octanol–water partition coefficient (Wildman–Crippen LogP) is 4.85. The summed E-state index contributed by atoms with van der Waals surface area (Å²) in [7, 11) is 0. The fourth-order valence-electron chi connectivity index (χ4n) is 3.84. The summed E-state index contributed by atoms with van der Waals surface area (Å²) in [4.78, 5) is 28.6. The van der Waals surface area contributed by atoms with Crippen molar-refractivity contribution >= 4 is 11.8 Å². The second-order valence-corrected chi connectivity index (χ2v) is 8.92. The molecule has 0 heterocycles. The van der Waals surface area contributed by atoms with Crippen molar-refractivity contribution < 1.29 is 14.3 Å². The number of ether oxygens (including phenoxy) is 1. The molecule has 0 aliphatic rings. The summed E-state index contributed by atoms with van der Waals surface area (Å²) >= 11 is 0. The van der Waals surface area contributed by atoms with E-state index in [4.69, 9.17) is 4.74 Å². The van der Waals surface area contributed by atoms with Crippen LogP contribution in [0.15, 0.2) is 78.9 Å². The Morgan fingerprint density at radius 1 is 0.912 bits per heavy atom. The number of carbonyl (C=O) groups excluding carboxylic acids is 2. The highest BCUT2D eigenvalue weighted by molar-refractivity contribution is 5.88. The van der Waals surface area contributed by atoms with Gasteiger partial charge in [0.05, 0.1) is 0 Å². The van der Waals surface area contributed by atoms with Gasteiger partial charge in [0, 0.05) is 19.0 Å². The summed E-state index contributed by atoms with van der Waals surface area (Å²) in [5.41, 5.74) is 4.12. The Kier molecular flexibility index (Phi) is 8.86. The summed E-state index contributed by atoms with van der Waals surface area (Å²) < 4.78 is 5.84. The normalized spacial score (nSPS) is 11.7. The molecular formula is C29H34N2O3. The number of carbonyl (C=O) groups is 2. The summed E-state index contributed by atoms with van der Waals surface area (Å²) in [6.07, 6.45) is 0.418. The highest BCUT2D eigenvalue weighted by atomic mass is 16.5. The summed E-state index contributed by atoms with van der Waals surface area (Å²) in [5.74, 6) is 0.233. The standard InChI is InChI=1S/C29H34N2O3/c1-21(2)30-29(33)27(18-24-13-6-5-7-14-24)31(19-25-15-9-8-12-23(25)4)28(32)20-34-26-16-10-11-22(3)17-26/h5-17,21,27H,18-20H2,1-4H3,(H,30,33)/t27-/m0/s1. The van der Waals surface area contributed by atoms with E-state index in [9.17, 15) is 9.59 Å². The van der Waals surface area contributed by atoms with Gasteiger partial charge >= 0.3 is 0 Å². The lowest BCUT2D eigenvalue weighted by Gasteiger charge is -2.32. The van der Waals surface area contributed by atoms with Crippen molar-refractivity contribution in [3.05, 3.63) is 101 Å². The average Bonchev–Trinajstić information content (AvgIpc) is 2.81. The fourth-order valence-corrected chi connectivity index (χ4v) is 3.84. The van der Waals surface area contributed by atoms with Crippen LogP contribution in [-0.2, 0) is 22.6 Å². The van der Waals surface area contributed by atoms with Crippen LogP contribution < -0.4 is 10.1 Å². The van der Waals surface area contributed by atoms with Crippen molar-refractivity contribution in [3.63, 3.8) is 0 Å². The van der Waals surface area contributed by atoms with Gasteiger partial charge in [0.2, 0.25) is 5.91 Å². The van der Waals surface area contributed by atoms with E-state index in [-0.39, 0.29) is 24.5 Å². The van der Waals surface area contributed by atoms with E-state index in [1.165, 1.54) is 0 Å². The van der Waals surface area contributed by atoms with Gasteiger partial charge in [0.15, 0.2) is 6.61 Å². The molecule has 0 bridgehead atoms. The zero-order chi connectivity index (χ0) is 24.5. The largest absolute Gasteiger partial charge is 0.484 e. The molecule has 3 rings (SSSR count). The van der Waals surface area contributed by atoms with E-state index in [0.717, 1.165) is 22.3 Å². The maximum atomic E-state index is 13.6. The van der Waals surface area contributed by atoms with Gasteiger partial charge in [-0.3, -0.25) is 9.59 Å². The minimum Gasteiger partial charge on any atom is -0.484 e. The van der Waals surface area contributed by atoms with Crippen molar-refractivity contribution in [1.29, 1.82) is 0 Å².